The van der Waals surface area contributed by atoms with Gasteiger partial charge in [0.25, 0.3) is 5.91 Å². The van der Waals surface area contributed by atoms with Crippen LogP contribution in [0.1, 0.15) is 25.3 Å². The molecule has 0 saturated heterocycles. The van der Waals surface area contributed by atoms with Gasteiger partial charge >= 0.3 is 0 Å². The van der Waals surface area contributed by atoms with Crippen LogP contribution >= 0.6 is 0 Å². The first-order valence-electron chi connectivity index (χ1n) is 12.3. The minimum absolute atomic E-state index is 0.0940. The molecular weight excluding hydrogens is 466 g/mol. The summed E-state index contributed by atoms with van der Waals surface area (Å²) >= 11 is 0. The Hall–Kier alpha value is -4.58. The smallest absolute Gasteiger partial charge is 0.262 e. The van der Waals surface area contributed by atoms with Crippen LogP contribution in [0.4, 0.5) is 5.69 Å². The molecule has 0 bridgehead atoms. The summed E-state index contributed by atoms with van der Waals surface area (Å²) in [6.07, 6.45) is 4.61. The Morgan fingerprint density at radius 1 is 0.892 bits per heavy atom. The Kier molecular flexibility index (Phi) is 7.17. The van der Waals surface area contributed by atoms with Crippen LogP contribution in [-0.4, -0.2) is 12.5 Å². The number of unbranched alkanes of at least 4 members (excludes halogenated alkanes) is 1. The SMILES string of the molecule is CCCCc1ccc(NC(=O)COc2ccc3c(=O)c(Oc4ccc5ccccc5c4)coc3c2)cc1. The quantitative estimate of drug-likeness (QED) is 0.237. The average molecular weight is 494 g/mol. The van der Waals surface area contributed by atoms with Gasteiger partial charge in [-0.3, -0.25) is 9.59 Å². The lowest BCUT2D eigenvalue weighted by Gasteiger charge is -2.09. The minimum atomic E-state index is -0.291. The molecule has 0 spiro atoms. The molecule has 1 heterocycles. The number of hydrogen-bond acceptors (Lipinski definition) is 5. The number of rotatable bonds is 9. The van der Waals surface area contributed by atoms with Gasteiger partial charge in [0.1, 0.15) is 23.3 Å². The highest BCUT2D eigenvalue weighted by Crippen LogP contribution is 2.26. The standard InChI is InChI=1S/C31H27NO5/c1-2-3-6-21-9-12-24(13-10-21)32-30(33)20-35-25-15-16-27-28(18-25)36-19-29(31(27)34)37-26-14-11-22-7-4-5-8-23(22)17-26/h4-5,7-19H,2-3,6,20H2,1H3,(H,32,33). The van der Waals surface area contributed by atoms with Gasteiger partial charge < -0.3 is 19.2 Å². The molecule has 6 heteroatoms. The third-order valence-electron chi connectivity index (χ3n) is 6.09. The molecule has 1 amide bonds. The van der Waals surface area contributed by atoms with Gasteiger partial charge in [-0.05, 0) is 65.6 Å². The van der Waals surface area contributed by atoms with Gasteiger partial charge in [0.2, 0.25) is 11.2 Å². The molecule has 0 unspecified atom stereocenters. The maximum absolute atomic E-state index is 13.0. The van der Waals surface area contributed by atoms with Crippen LogP contribution in [0.2, 0.25) is 0 Å². The van der Waals surface area contributed by atoms with Gasteiger partial charge in [0.05, 0.1) is 5.39 Å². The lowest BCUT2D eigenvalue weighted by atomic mass is 10.1. The Bertz CT molecular complexity index is 1600. The van der Waals surface area contributed by atoms with E-state index in [1.807, 2.05) is 66.7 Å². The first kappa shape index (κ1) is 24.1. The number of benzene rings is 4. The molecule has 6 nitrogen and oxygen atoms in total. The van der Waals surface area contributed by atoms with Gasteiger partial charge in [0.15, 0.2) is 6.61 Å². The van der Waals surface area contributed by atoms with Crippen LogP contribution in [-0.2, 0) is 11.2 Å². The molecule has 1 N–H and O–H groups in total. The number of fused-ring (bicyclic) bond motifs is 2. The summed E-state index contributed by atoms with van der Waals surface area (Å²) in [5, 5.41) is 5.29. The monoisotopic (exact) mass is 493 g/mol. The minimum Gasteiger partial charge on any atom is -0.484 e. The highest BCUT2D eigenvalue weighted by molar-refractivity contribution is 5.92. The van der Waals surface area contributed by atoms with Crippen molar-refractivity contribution in [2.75, 3.05) is 11.9 Å². The number of hydrogen-bond donors (Lipinski definition) is 1. The second-order valence-corrected chi connectivity index (χ2v) is 8.84. The molecule has 0 aliphatic heterocycles. The summed E-state index contributed by atoms with van der Waals surface area (Å²) in [4.78, 5) is 25.3. The van der Waals surface area contributed by atoms with Crippen molar-refractivity contribution in [3.63, 3.8) is 0 Å². The van der Waals surface area contributed by atoms with Gasteiger partial charge in [-0.1, -0.05) is 55.8 Å². The average Bonchev–Trinajstić information content (AvgIpc) is 2.93. The van der Waals surface area contributed by atoms with Gasteiger partial charge in [0, 0.05) is 11.8 Å². The van der Waals surface area contributed by atoms with Gasteiger partial charge in [-0.2, -0.15) is 0 Å². The first-order valence-corrected chi connectivity index (χ1v) is 12.3. The largest absolute Gasteiger partial charge is 0.484 e. The number of aryl methyl sites for hydroxylation is 1. The summed E-state index contributed by atoms with van der Waals surface area (Å²) in [6.45, 7) is 1.99. The number of carbonyl (C=O) groups excluding carboxylic acids is 1. The fraction of sp³-hybridized carbons (Fsp3) is 0.161. The Morgan fingerprint density at radius 2 is 1.68 bits per heavy atom. The summed E-state index contributed by atoms with van der Waals surface area (Å²) in [6, 6.07) is 26.2. The van der Waals surface area contributed by atoms with Crippen molar-refractivity contribution in [3.8, 4) is 17.2 Å². The number of carbonyl (C=O) groups is 1. The molecule has 0 radical (unpaired) electrons. The second kappa shape index (κ2) is 11.0. The lowest BCUT2D eigenvalue weighted by molar-refractivity contribution is -0.118. The highest BCUT2D eigenvalue weighted by atomic mass is 16.5. The van der Waals surface area contributed by atoms with E-state index in [4.69, 9.17) is 13.9 Å². The maximum atomic E-state index is 13.0. The van der Waals surface area contributed by atoms with E-state index in [1.54, 1.807) is 18.2 Å². The molecular formula is C31H27NO5. The van der Waals surface area contributed by atoms with Crippen molar-refractivity contribution in [1.29, 1.82) is 0 Å². The molecule has 37 heavy (non-hydrogen) atoms. The molecule has 0 aliphatic rings. The molecule has 0 fully saturated rings. The van der Waals surface area contributed by atoms with Crippen molar-refractivity contribution in [2.45, 2.75) is 26.2 Å². The van der Waals surface area contributed by atoms with Crippen LogP contribution in [0.5, 0.6) is 17.2 Å². The van der Waals surface area contributed by atoms with E-state index in [1.165, 1.54) is 11.8 Å². The Morgan fingerprint density at radius 3 is 2.49 bits per heavy atom. The van der Waals surface area contributed by atoms with Crippen molar-refractivity contribution < 1.29 is 18.7 Å². The lowest BCUT2D eigenvalue weighted by Crippen LogP contribution is -2.20. The van der Waals surface area contributed by atoms with Crippen LogP contribution in [0.3, 0.4) is 0 Å². The van der Waals surface area contributed by atoms with Crippen LogP contribution in [0, 0.1) is 0 Å². The molecule has 4 aromatic carbocycles. The first-order chi connectivity index (χ1) is 18.1. The zero-order valence-electron chi connectivity index (χ0n) is 20.5. The Balaban J connectivity index is 1.23. The molecule has 186 valence electrons. The number of anilines is 1. The van der Waals surface area contributed by atoms with Crippen molar-refractivity contribution in [3.05, 3.63) is 107 Å². The Labute approximate surface area is 214 Å². The highest BCUT2D eigenvalue weighted by Gasteiger charge is 2.12. The predicted octanol–water partition coefficient (Wildman–Crippen LogP) is 7.10. The topological polar surface area (TPSA) is 77.8 Å². The zero-order valence-corrected chi connectivity index (χ0v) is 20.5. The van der Waals surface area contributed by atoms with Crippen LogP contribution in [0.15, 0.2) is 100 Å². The zero-order chi connectivity index (χ0) is 25.6. The number of ether oxygens (including phenoxy) is 2. The van der Waals surface area contributed by atoms with E-state index in [9.17, 15) is 9.59 Å². The third-order valence-corrected chi connectivity index (χ3v) is 6.09. The van der Waals surface area contributed by atoms with E-state index in [0.717, 1.165) is 35.7 Å². The van der Waals surface area contributed by atoms with E-state index in [-0.39, 0.29) is 23.7 Å². The van der Waals surface area contributed by atoms with Crippen molar-refractivity contribution >= 4 is 33.3 Å². The number of amides is 1. The predicted molar refractivity (Wildman–Crippen MR) is 146 cm³/mol. The van der Waals surface area contributed by atoms with E-state index < -0.39 is 0 Å². The molecule has 0 atom stereocenters. The summed E-state index contributed by atoms with van der Waals surface area (Å²) in [5.41, 5.74) is 2.02. The normalized spacial score (nSPS) is 10.9. The molecule has 0 saturated carbocycles. The molecule has 5 aromatic rings. The van der Waals surface area contributed by atoms with E-state index in [2.05, 4.69) is 12.2 Å². The van der Waals surface area contributed by atoms with Gasteiger partial charge in [-0.15, -0.1) is 0 Å². The maximum Gasteiger partial charge on any atom is 0.262 e. The number of nitrogens with one attached hydrogen (secondary N) is 1. The third kappa shape index (κ3) is 5.81. The van der Waals surface area contributed by atoms with E-state index in [0.29, 0.717) is 22.5 Å². The van der Waals surface area contributed by atoms with Crippen molar-refractivity contribution in [1.82, 2.24) is 0 Å². The molecule has 1 aromatic heterocycles. The summed E-state index contributed by atoms with van der Waals surface area (Å²) in [5.74, 6) is 0.786. The van der Waals surface area contributed by atoms with Crippen molar-refractivity contribution in [2.24, 2.45) is 0 Å². The second-order valence-electron chi connectivity index (χ2n) is 8.84. The molecule has 0 aliphatic carbocycles. The van der Waals surface area contributed by atoms with Gasteiger partial charge in [-0.25, -0.2) is 0 Å². The summed E-state index contributed by atoms with van der Waals surface area (Å²) < 4.78 is 17.1. The van der Waals surface area contributed by atoms with Crippen LogP contribution in [0.25, 0.3) is 21.7 Å². The molecule has 5 rings (SSSR count). The van der Waals surface area contributed by atoms with Crippen LogP contribution < -0.4 is 20.2 Å². The van der Waals surface area contributed by atoms with E-state index >= 15 is 0 Å². The fourth-order valence-electron chi connectivity index (χ4n) is 4.09. The fourth-order valence-corrected chi connectivity index (χ4v) is 4.09. The summed E-state index contributed by atoms with van der Waals surface area (Å²) in [7, 11) is 0.